The second-order valence-electron chi connectivity index (χ2n) is 6.04. The molecule has 8 heteroatoms. The first kappa shape index (κ1) is 18.5. The summed E-state index contributed by atoms with van der Waals surface area (Å²) in [6, 6.07) is 3.40. The van der Waals surface area contributed by atoms with E-state index in [-0.39, 0.29) is 30.0 Å². The number of anilines is 1. The van der Waals surface area contributed by atoms with Gasteiger partial charge in [-0.25, -0.2) is 8.42 Å². The number of likely N-dealkylation sites (N-methyl/N-ethyl adjacent to an activating group) is 1. The van der Waals surface area contributed by atoms with Gasteiger partial charge in [-0.1, -0.05) is 0 Å². The van der Waals surface area contributed by atoms with Crippen LogP contribution in [0, 0.1) is 6.92 Å². The number of nitrogens with one attached hydrogen (secondary N) is 1. The Morgan fingerprint density at radius 2 is 1.92 bits per heavy atom. The number of benzene rings is 1. The Hall–Kier alpha value is -1.80. The predicted octanol–water partition coefficient (Wildman–Crippen LogP) is 1.07. The number of carbonyl (C=O) groups is 1. The van der Waals surface area contributed by atoms with Gasteiger partial charge in [-0.15, -0.1) is 0 Å². The normalized spacial score (nSPS) is 19.3. The standard InChI is InChI=1S/C16H24N2O5S/c1-11-7-14(22-3)15(23-4)8-13(11)17-16(19)9-18(2)12-5-6-24(20,21)10-12/h7-8,12H,5-6,9-10H2,1-4H3,(H,17,19). The zero-order valence-corrected chi connectivity index (χ0v) is 15.3. The molecular formula is C16H24N2O5S. The molecule has 0 aromatic heterocycles. The summed E-state index contributed by atoms with van der Waals surface area (Å²) in [5, 5.41) is 2.85. The van der Waals surface area contributed by atoms with Crippen LogP contribution in [0.4, 0.5) is 5.69 Å². The maximum atomic E-state index is 12.3. The molecule has 1 aromatic rings. The summed E-state index contributed by atoms with van der Waals surface area (Å²) in [5.41, 5.74) is 1.50. The van der Waals surface area contributed by atoms with E-state index in [2.05, 4.69) is 5.32 Å². The van der Waals surface area contributed by atoms with Crippen molar-refractivity contribution in [2.45, 2.75) is 19.4 Å². The van der Waals surface area contributed by atoms with E-state index in [1.807, 2.05) is 6.92 Å². The highest BCUT2D eigenvalue weighted by molar-refractivity contribution is 7.91. The molecule has 1 saturated heterocycles. The third-order valence-corrected chi connectivity index (χ3v) is 5.98. The minimum absolute atomic E-state index is 0.104. The van der Waals surface area contributed by atoms with E-state index in [9.17, 15) is 13.2 Å². The van der Waals surface area contributed by atoms with Gasteiger partial charge in [-0.2, -0.15) is 0 Å². The average Bonchev–Trinajstić information content (AvgIpc) is 2.89. The molecule has 1 aliphatic heterocycles. The lowest BCUT2D eigenvalue weighted by molar-refractivity contribution is -0.117. The molecule has 1 fully saturated rings. The number of methoxy groups -OCH3 is 2. The first-order chi connectivity index (χ1) is 11.3. The largest absolute Gasteiger partial charge is 0.493 e. The number of carbonyl (C=O) groups excluding carboxylic acids is 1. The van der Waals surface area contributed by atoms with Crippen molar-refractivity contribution in [1.82, 2.24) is 4.90 Å². The molecule has 1 unspecified atom stereocenters. The lowest BCUT2D eigenvalue weighted by Crippen LogP contribution is -2.38. The van der Waals surface area contributed by atoms with Crippen molar-refractivity contribution in [1.29, 1.82) is 0 Å². The average molecular weight is 356 g/mol. The van der Waals surface area contributed by atoms with Gasteiger partial charge in [-0.3, -0.25) is 9.69 Å². The Bertz CT molecular complexity index is 717. The zero-order chi connectivity index (χ0) is 17.9. The number of aryl methyl sites for hydroxylation is 1. The number of hydrogen-bond acceptors (Lipinski definition) is 6. The highest BCUT2D eigenvalue weighted by Crippen LogP contribution is 2.32. The van der Waals surface area contributed by atoms with E-state index in [0.29, 0.717) is 23.6 Å². The summed E-state index contributed by atoms with van der Waals surface area (Å²) in [6.45, 7) is 2.00. The maximum Gasteiger partial charge on any atom is 0.238 e. The SMILES string of the molecule is COc1cc(C)c(NC(=O)CN(C)C2CCS(=O)(=O)C2)cc1OC. The highest BCUT2D eigenvalue weighted by atomic mass is 32.2. The Labute approximate surface area is 142 Å². The molecule has 1 heterocycles. The Balaban J connectivity index is 2.02. The van der Waals surface area contributed by atoms with Crippen molar-refractivity contribution in [2.75, 3.05) is 44.6 Å². The van der Waals surface area contributed by atoms with Gasteiger partial charge < -0.3 is 14.8 Å². The van der Waals surface area contributed by atoms with E-state index in [0.717, 1.165) is 5.56 Å². The van der Waals surface area contributed by atoms with Crippen molar-refractivity contribution < 1.29 is 22.7 Å². The molecule has 1 N–H and O–H groups in total. The van der Waals surface area contributed by atoms with Crippen LogP contribution in [0.25, 0.3) is 0 Å². The van der Waals surface area contributed by atoms with E-state index < -0.39 is 9.84 Å². The van der Waals surface area contributed by atoms with Gasteiger partial charge in [-0.05, 0) is 32.0 Å². The molecule has 0 bridgehead atoms. The summed E-state index contributed by atoms with van der Waals surface area (Å²) in [5.74, 6) is 1.25. The van der Waals surface area contributed by atoms with Crippen molar-refractivity contribution in [3.8, 4) is 11.5 Å². The summed E-state index contributed by atoms with van der Waals surface area (Å²) >= 11 is 0. The quantitative estimate of drug-likeness (QED) is 0.821. The summed E-state index contributed by atoms with van der Waals surface area (Å²) in [4.78, 5) is 14.1. The molecule has 1 aliphatic rings. The number of rotatable bonds is 6. The third-order valence-electron chi connectivity index (χ3n) is 4.23. The number of sulfone groups is 1. The van der Waals surface area contributed by atoms with Gasteiger partial charge in [0.05, 0.1) is 32.3 Å². The molecule has 2 rings (SSSR count). The molecule has 1 amide bonds. The Morgan fingerprint density at radius 3 is 2.46 bits per heavy atom. The van der Waals surface area contributed by atoms with E-state index >= 15 is 0 Å². The second-order valence-corrected chi connectivity index (χ2v) is 8.27. The summed E-state index contributed by atoms with van der Waals surface area (Å²) in [6.07, 6.45) is 0.571. The van der Waals surface area contributed by atoms with Crippen LogP contribution in [0.5, 0.6) is 11.5 Å². The van der Waals surface area contributed by atoms with Crippen LogP contribution < -0.4 is 14.8 Å². The fraction of sp³-hybridized carbons (Fsp3) is 0.562. The molecule has 0 spiro atoms. The molecule has 0 aliphatic carbocycles. The molecule has 1 aromatic carbocycles. The fourth-order valence-corrected chi connectivity index (χ4v) is 4.59. The van der Waals surface area contributed by atoms with Gasteiger partial charge >= 0.3 is 0 Å². The molecule has 24 heavy (non-hydrogen) atoms. The van der Waals surface area contributed by atoms with Crippen molar-refractivity contribution in [2.24, 2.45) is 0 Å². The first-order valence-electron chi connectivity index (χ1n) is 7.69. The molecule has 1 atom stereocenters. The number of ether oxygens (including phenoxy) is 2. The minimum Gasteiger partial charge on any atom is -0.493 e. The first-order valence-corrected chi connectivity index (χ1v) is 9.51. The molecule has 7 nitrogen and oxygen atoms in total. The van der Waals surface area contributed by atoms with Crippen molar-refractivity contribution >= 4 is 21.4 Å². The number of nitrogens with zero attached hydrogens (tertiary/aromatic N) is 1. The minimum atomic E-state index is -2.96. The summed E-state index contributed by atoms with van der Waals surface area (Å²) < 4.78 is 33.6. The number of amides is 1. The van der Waals surface area contributed by atoms with Gasteiger partial charge in [0.2, 0.25) is 5.91 Å². The van der Waals surface area contributed by atoms with E-state index in [1.54, 1.807) is 31.2 Å². The topological polar surface area (TPSA) is 84.9 Å². The second kappa shape index (κ2) is 7.40. The van der Waals surface area contributed by atoms with Gasteiger partial charge in [0.25, 0.3) is 0 Å². The predicted molar refractivity (Wildman–Crippen MR) is 92.6 cm³/mol. The molecule has 0 radical (unpaired) electrons. The fourth-order valence-electron chi connectivity index (χ4n) is 2.78. The van der Waals surface area contributed by atoms with Crippen LogP contribution in [-0.2, 0) is 14.6 Å². The molecule has 0 saturated carbocycles. The number of hydrogen-bond donors (Lipinski definition) is 1. The molecular weight excluding hydrogens is 332 g/mol. The van der Waals surface area contributed by atoms with E-state index in [4.69, 9.17) is 9.47 Å². The van der Waals surface area contributed by atoms with Crippen LogP contribution in [0.3, 0.4) is 0 Å². The van der Waals surface area contributed by atoms with Gasteiger partial charge in [0.1, 0.15) is 0 Å². The van der Waals surface area contributed by atoms with Crippen molar-refractivity contribution in [3.63, 3.8) is 0 Å². The molecule has 134 valence electrons. The lowest BCUT2D eigenvalue weighted by Gasteiger charge is -2.22. The van der Waals surface area contributed by atoms with E-state index in [1.165, 1.54) is 7.11 Å². The summed E-state index contributed by atoms with van der Waals surface area (Å²) in [7, 11) is 1.90. The maximum absolute atomic E-state index is 12.3. The van der Waals surface area contributed by atoms with Crippen LogP contribution in [-0.4, -0.2) is 64.6 Å². The van der Waals surface area contributed by atoms with Gasteiger partial charge in [0, 0.05) is 17.8 Å². The van der Waals surface area contributed by atoms with Crippen molar-refractivity contribution in [3.05, 3.63) is 17.7 Å². The zero-order valence-electron chi connectivity index (χ0n) is 14.5. The van der Waals surface area contributed by atoms with Crippen LogP contribution in [0.2, 0.25) is 0 Å². The smallest absolute Gasteiger partial charge is 0.238 e. The Kier molecular flexibility index (Phi) is 5.71. The highest BCUT2D eigenvalue weighted by Gasteiger charge is 2.31. The van der Waals surface area contributed by atoms with Crippen LogP contribution >= 0.6 is 0 Å². The van der Waals surface area contributed by atoms with Gasteiger partial charge in [0.15, 0.2) is 21.3 Å². The Morgan fingerprint density at radius 1 is 1.29 bits per heavy atom. The van der Waals surface area contributed by atoms with Crippen LogP contribution in [0.15, 0.2) is 12.1 Å². The third kappa shape index (κ3) is 4.39. The monoisotopic (exact) mass is 356 g/mol. The lowest BCUT2D eigenvalue weighted by atomic mass is 10.1. The van der Waals surface area contributed by atoms with Crippen LogP contribution in [0.1, 0.15) is 12.0 Å².